The highest BCUT2D eigenvalue weighted by atomic mass is 16.1. The summed E-state index contributed by atoms with van der Waals surface area (Å²) in [6, 6.07) is 6.06. The number of rotatable bonds is 3. The molecule has 0 bridgehead atoms. The fraction of sp³-hybridized carbons (Fsp3) is 0.533. The summed E-state index contributed by atoms with van der Waals surface area (Å²) in [5, 5.41) is 6.69. The number of fused-ring (bicyclic) bond motifs is 1. The Morgan fingerprint density at radius 3 is 3.11 bits per heavy atom. The number of hydrogen-bond donors (Lipinski definition) is 2. The van der Waals surface area contributed by atoms with E-state index in [1.54, 1.807) is 0 Å². The number of nitrogens with one attached hydrogen (secondary N) is 2. The number of anilines is 1. The van der Waals surface area contributed by atoms with Gasteiger partial charge >= 0.3 is 0 Å². The second-order valence-electron chi connectivity index (χ2n) is 5.35. The van der Waals surface area contributed by atoms with Crippen molar-refractivity contribution in [1.29, 1.82) is 0 Å². The normalized spacial score (nSPS) is 19.6. The lowest BCUT2D eigenvalue weighted by atomic mass is 10.0. The van der Waals surface area contributed by atoms with Gasteiger partial charge in [-0.25, -0.2) is 0 Å². The minimum Gasteiger partial charge on any atom is -0.384 e. The van der Waals surface area contributed by atoms with Crippen molar-refractivity contribution in [3.05, 3.63) is 29.3 Å². The Hall–Kier alpha value is -1.39. The van der Waals surface area contributed by atoms with Gasteiger partial charge in [-0.2, -0.15) is 0 Å². The predicted octanol–water partition coefficient (Wildman–Crippen LogP) is 1.13. The van der Waals surface area contributed by atoms with E-state index in [2.05, 4.69) is 21.6 Å². The van der Waals surface area contributed by atoms with Crippen LogP contribution in [0, 0.1) is 0 Å². The first-order chi connectivity index (χ1) is 9.33. The molecule has 0 amide bonds. The van der Waals surface area contributed by atoms with Gasteiger partial charge in [0.15, 0.2) is 5.78 Å². The molecule has 3 rings (SSSR count). The van der Waals surface area contributed by atoms with Crippen molar-refractivity contribution in [3.63, 3.8) is 0 Å². The van der Waals surface area contributed by atoms with E-state index in [0.717, 1.165) is 51.1 Å². The molecule has 102 valence electrons. The van der Waals surface area contributed by atoms with Crippen LogP contribution in [0.1, 0.15) is 22.3 Å². The van der Waals surface area contributed by atoms with E-state index in [1.165, 1.54) is 11.3 Å². The first-order valence-corrected chi connectivity index (χ1v) is 7.16. The smallest absolute Gasteiger partial charge is 0.176 e. The second-order valence-corrected chi connectivity index (χ2v) is 5.35. The fourth-order valence-corrected chi connectivity index (χ4v) is 2.83. The molecule has 0 spiro atoms. The first-order valence-electron chi connectivity index (χ1n) is 7.16. The Labute approximate surface area is 114 Å². The van der Waals surface area contributed by atoms with E-state index in [4.69, 9.17) is 0 Å². The minimum atomic E-state index is 0.247. The lowest BCUT2D eigenvalue weighted by Gasteiger charge is -2.18. The second kappa shape index (κ2) is 5.72. The van der Waals surface area contributed by atoms with E-state index in [1.807, 2.05) is 12.1 Å². The van der Waals surface area contributed by atoms with Crippen LogP contribution >= 0.6 is 0 Å². The van der Waals surface area contributed by atoms with Gasteiger partial charge in [-0.3, -0.25) is 9.69 Å². The van der Waals surface area contributed by atoms with Crippen molar-refractivity contribution in [2.75, 3.05) is 44.6 Å². The molecule has 0 saturated carbocycles. The average Bonchev–Trinajstić information content (AvgIpc) is 2.75. The summed E-state index contributed by atoms with van der Waals surface area (Å²) in [5.41, 5.74) is 3.33. The van der Waals surface area contributed by atoms with Crippen molar-refractivity contribution in [3.8, 4) is 0 Å². The monoisotopic (exact) mass is 259 g/mol. The topological polar surface area (TPSA) is 44.4 Å². The molecule has 0 unspecified atom stereocenters. The SMILES string of the molecule is O=C(CN1CCCNCC1)c1ccc2c(c1)CCN2. The Balaban J connectivity index is 1.66. The summed E-state index contributed by atoms with van der Waals surface area (Å²) in [6.07, 6.45) is 2.16. The van der Waals surface area contributed by atoms with Crippen molar-refractivity contribution in [2.45, 2.75) is 12.8 Å². The molecular weight excluding hydrogens is 238 g/mol. The zero-order chi connectivity index (χ0) is 13.1. The van der Waals surface area contributed by atoms with Gasteiger partial charge in [0.05, 0.1) is 6.54 Å². The maximum Gasteiger partial charge on any atom is 0.176 e. The predicted molar refractivity (Wildman–Crippen MR) is 76.9 cm³/mol. The first kappa shape index (κ1) is 12.6. The molecule has 19 heavy (non-hydrogen) atoms. The third-order valence-corrected chi connectivity index (χ3v) is 3.94. The van der Waals surface area contributed by atoms with Crippen LogP contribution in [-0.2, 0) is 6.42 Å². The van der Waals surface area contributed by atoms with Crippen LogP contribution in [0.4, 0.5) is 5.69 Å². The van der Waals surface area contributed by atoms with E-state index in [-0.39, 0.29) is 5.78 Å². The molecule has 1 saturated heterocycles. The molecule has 4 heteroatoms. The molecule has 0 aliphatic carbocycles. The van der Waals surface area contributed by atoms with Crippen molar-refractivity contribution in [1.82, 2.24) is 10.2 Å². The summed E-state index contributed by atoms with van der Waals surface area (Å²) in [4.78, 5) is 14.6. The lowest BCUT2D eigenvalue weighted by Crippen LogP contribution is -2.33. The van der Waals surface area contributed by atoms with Gasteiger partial charge in [0, 0.05) is 30.9 Å². The number of carbonyl (C=O) groups is 1. The largest absolute Gasteiger partial charge is 0.384 e. The van der Waals surface area contributed by atoms with Crippen LogP contribution < -0.4 is 10.6 Å². The molecular formula is C15H21N3O. The van der Waals surface area contributed by atoms with Gasteiger partial charge in [0.1, 0.15) is 0 Å². The lowest BCUT2D eigenvalue weighted by molar-refractivity contribution is 0.0935. The molecule has 0 atom stereocenters. The summed E-state index contributed by atoms with van der Waals surface area (Å²) >= 11 is 0. The Kier molecular flexibility index (Phi) is 3.80. The molecule has 2 aliphatic heterocycles. The molecule has 0 aromatic heterocycles. The molecule has 1 fully saturated rings. The molecule has 0 radical (unpaired) electrons. The van der Waals surface area contributed by atoms with Crippen LogP contribution in [-0.4, -0.2) is 50.0 Å². The van der Waals surface area contributed by atoms with E-state index >= 15 is 0 Å². The van der Waals surface area contributed by atoms with Crippen LogP contribution in [0.3, 0.4) is 0 Å². The Morgan fingerprint density at radius 2 is 2.16 bits per heavy atom. The summed E-state index contributed by atoms with van der Waals surface area (Å²) in [7, 11) is 0. The molecule has 2 heterocycles. The van der Waals surface area contributed by atoms with Crippen molar-refractivity contribution < 1.29 is 4.79 Å². The van der Waals surface area contributed by atoms with E-state index in [9.17, 15) is 4.79 Å². The van der Waals surface area contributed by atoms with Gasteiger partial charge in [-0.05, 0) is 49.7 Å². The zero-order valence-corrected chi connectivity index (χ0v) is 11.2. The Bertz CT molecular complexity index is 464. The zero-order valence-electron chi connectivity index (χ0n) is 11.2. The van der Waals surface area contributed by atoms with Crippen LogP contribution in [0.15, 0.2) is 18.2 Å². The number of hydrogen-bond acceptors (Lipinski definition) is 4. The highest BCUT2D eigenvalue weighted by molar-refractivity contribution is 5.98. The Morgan fingerprint density at radius 1 is 1.21 bits per heavy atom. The number of ketones is 1. The van der Waals surface area contributed by atoms with Crippen molar-refractivity contribution in [2.24, 2.45) is 0 Å². The molecule has 1 aromatic carbocycles. The van der Waals surface area contributed by atoms with Crippen LogP contribution in [0.5, 0.6) is 0 Å². The summed E-state index contributed by atoms with van der Waals surface area (Å²) in [6.45, 7) is 5.58. The van der Waals surface area contributed by atoms with Gasteiger partial charge in [-0.1, -0.05) is 0 Å². The van der Waals surface area contributed by atoms with Gasteiger partial charge in [-0.15, -0.1) is 0 Å². The fourth-order valence-electron chi connectivity index (χ4n) is 2.83. The highest BCUT2D eigenvalue weighted by Crippen LogP contribution is 2.23. The molecule has 2 N–H and O–H groups in total. The highest BCUT2D eigenvalue weighted by Gasteiger charge is 2.16. The third kappa shape index (κ3) is 2.96. The third-order valence-electron chi connectivity index (χ3n) is 3.94. The minimum absolute atomic E-state index is 0.247. The van der Waals surface area contributed by atoms with E-state index < -0.39 is 0 Å². The number of benzene rings is 1. The number of Topliss-reactive ketones (excluding diaryl/α,β-unsaturated/α-hetero) is 1. The average molecular weight is 259 g/mol. The molecule has 1 aromatic rings. The number of carbonyl (C=O) groups excluding carboxylic acids is 1. The quantitative estimate of drug-likeness (QED) is 0.799. The molecule has 4 nitrogen and oxygen atoms in total. The molecule has 2 aliphatic rings. The van der Waals surface area contributed by atoms with Gasteiger partial charge in [0.25, 0.3) is 0 Å². The van der Waals surface area contributed by atoms with Crippen molar-refractivity contribution >= 4 is 11.5 Å². The van der Waals surface area contributed by atoms with Crippen LogP contribution in [0.25, 0.3) is 0 Å². The van der Waals surface area contributed by atoms with E-state index in [0.29, 0.717) is 6.54 Å². The standard InChI is InChI=1S/C15H21N3O/c19-15(11-18-8-1-5-16-7-9-18)13-2-3-14-12(10-13)4-6-17-14/h2-3,10,16-17H,1,4-9,11H2. The van der Waals surface area contributed by atoms with Crippen LogP contribution in [0.2, 0.25) is 0 Å². The van der Waals surface area contributed by atoms with Gasteiger partial charge in [0.2, 0.25) is 0 Å². The maximum atomic E-state index is 12.3. The number of nitrogens with zero attached hydrogens (tertiary/aromatic N) is 1. The summed E-state index contributed by atoms with van der Waals surface area (Å²) in [5.74, 6) is 0.247. The van der Waals surface area contributed by atoms with Gasteiger partial charge < -0.3 is 10.6 Å². The maximum absolute atomic E-state index is 12.3. The summed E-state index contributed by atoms with van der Waals surface area (Å²) < 4.78 is 0.